The van der Waals surface area contributed by atoms with Crippen molar-refractivity contribution in [3.63, 3.8) is 0 Å². The molecule has 0 atom stereocenters. The molecule has 2 N–H and O–H groups in total. The van der Waals surface area contributed by atoms with E-state index in [1.807, 2.05) is 0 Å². The van der Waals surface area contributed by atoms with Gasteiger partial charge in [0, 0.05) is 11.8 Å². The van der Waals surface area contributed by atoms with Gasteiger partial charge in [-0.25, -0.2) is 4.39 Å². The molecule has 0 radical (unpaired) electrons. The zero-order chi connectivity index (χ0) is 12.3. The van der Waals surface area contributed by atoms with E-state index in [0.717, 1.165) is 12.1 Å². The highest BCUT2D eigenvalue weighted by Gasteiger charge is 2.15. The van der Waals surface area contributed by atoms with Gasteiger partial charge in [0.2, 0.25) is 5.76 Å². The molecular weight excluding hydrogens is 229 g/mol. The number of amides is 1. The average molecular weight is 239 g/mol. The van der Waals surface area contributed by atoms with E-state index in [2.05, 4.69) is 5.32 Å². The molecule has 0 unspecified atom stereocenters. The van der Waals surface area contributed by atoms with Gasteiger partial charge in [0.15, 0.2) is 11.6 Å². The van der Waals surface area contributed by atoms with E-state index in [9.17, 15) is 9.18 Å². The number of anilines is 1. The van der Waals surface area contributed by atoms with Gasteiger partial charge < -0.3 is 19.9 Å². The number of ether oxygens (including phenoxy) is 2. The number of carbonyl (C=O) groups excluding carboxylic acids is 1. The summed E-state index contributed by atoms with van der Waals surface area (Å²) in [5, 5.41) is 11.4. The molecule has 0 aliphatic carbocycles. The van der Waals surface area contributed by atoms with Crippen LogP contribution >= 0.6 is 0 Å². The van der Waals surface area contributed by atoms with Crippen LogP contribution in [-0.2, 0) is 14.3 Å². The Morgan fingerprint density at radius 3 is 2.88 bits per heavy atom. The monoisotopic (exact) mass is 239 g/mol. The number of hydrogen-bond acceptors (Lipinski definition) is 4. The molecule has 1 heterocycles. The number of rotatable bonds is 2. The Balaban J connectivity index is 2.07. The molecular formula is C11H10FNO4. The van der Waals surface area contributed by atoms with Gasteiger partial charge in [-0.05, 0) is 12.1 Å². The average Bonchev–Trinajstić information content (AvgIpc) is 2.35. The number of hydrogen-bond donors (Lipinski definition) is 2. The first kappa shape index (κ1) is 11.3. The first-order valence-electron chi connectivity index (χ1n) is 4.91. The molecule has 0 spiro atoms. The molecule has 90 valence electrons. The summed E-state index contributed by atoms with van der Waals surface area (Å²) in [5.41, 5.74) is 0.223. The molecule has 0 aromatic heterocycles. The fourth-order valence-corrected chi connectivity index (χ4v) is 1.26. The molecule has 1 aliphatic heterocycles. The second-order valence-corrected chi connectivity index (χ2v) is 3.32. The van der Waals surface area contributed by atoms with Crippen molar-refractivity contribution < 1.29 is 23.8 Å². The lowest BCUT2D eigenvalue weighted by molar-refractivity contribution is -0.117. The molecule has 0 saturated heterocycles. The van der Waals surface area contributed by atoms with Crippen molar-refractivity contribution in [2.24, 2.45) is 0 Å². The van der Waals surface area contributed by atoms with Crippen molar-refractivity contribution in [3.05, 3.63) is 36.0 Å². The zero-order valence-corrected chi connectivity index (χ0v) is 8.77. The molecule has 2 rings (SSSR count). The summed E-state index contributed by atoms with van der Waals surface area (Å²) in [4.78, 5) is 11.6. The van der Waals surface area contributed by atoms with E-state index in [-0.39, 0.29) is 11.4 Å². The van der Waals surface area contributed by atoms with Crippen molar-refractivity contribution >= 4 is 11.6 Å². The summed E-state index contributed by atoms with van der Waals surface area (Å²) in [5.74, 6) is -1.78. The molecule has 0 fully saturated rings. The third kappa shape index (κ3) is 2.66. The van der Waals surface area contributed by atoms with E-state index in [0.29, 0.717) is 13.2 Å². The Hall–Kier alpha value is -2.24. The van der Waals surface area contributed by atoms with Crippen LogP contribution in [-0.4, -0.2) is 24.2 Å². The van der Waals surface area contributed by atoms with Crippen LogP contribution in [0, 0.1) is 5.82 Å². The van der Waals surface area contributed by atoms with E-state index >= 15 is 0 Å². The van der Waals surface area contributed by atoms with Gasteiger partial charge >= 0.3 is 0 Å². The Labute approximate surface area is 96.5 Å². The Morgan fingerprint density at radius 2 is 2.24 bits per heavy atom. The van der Waals surface area contributed by atoms with Crippen LogP contribution in [0.2, 0.25) is 0 Å². The lowest BCUT2D eigenvalue weighted by Gasteiger charge is -2.15. The molecule has 0 bridgehead atoms. The van der Waals surface area contributed by atoms with Gasteiger partial charge in [-0.3, -0.25) is 4.79 Å². The number of carbonyl (C=O) groups is 1. The number of halogens is 1. The largest absolute Gasteiger partial charge is 0.505 e. The number of benzene rings is 1. The molecule has 1 aromatic carbocycles. The maximum atomic E-state index is 13.0. The van der Waals surface area contributed by atoms with Gasteiger partial charge in [-0.1, -0.05) is 0 Å². The smallest absolute Gasteiger partial charge is 0.294 e. The van der Waals surface area contributed by atoms with Crippen LogP contribution in [0.25, 0.3) is 0 Å². The highest BCUT2D eigenvalue weighted by Crippen LogP contribution is 2.20. The summed E-state index contributed by atoms with van der Waals surface area (Å²) in [6, 6.07) is 3.54. The minimum atomic E-state index is -0.808. The van der Waals surface area contributed by atoms with Crippen molar-refractivity contribution in [2.75, 3.05) is 18.5 Å². The lowest BCUT2D eigenvalue weighted by Crippen LogP contribution is -2.21. The van der Waals surface area contributed by atoms with Gasteiger partial charge in [0.1, 0.15) is 19.5 Å². The summed E-state index contributed by atoms with van der Waals surface area (Å²) < 4.78 is 23.0. The summed E-state index contributed by atoms with van der Waals surface area (Å²) in [6.07, 6.45) is 1.20. The maximum absolute atomic E-state index is 13.0. The van der Waals surface area contributed by atoms with Crippen LogP contribution in [0.4, 0.5) is 10.1 Å². The van der Waals surface area contributed by atoms with Crippen molar-refractivity contribution in [3.8, 4) is 5.75 Å². The van der Waals surface area contributed by atoms with Crippen LogP contribution in [0.15, 0.2) is 30.2 Å². The highest BCUT2D eigenvalue weighted by atomic mass is 19.1. The SMILES string of the molecule is O=C(Nc1ccc(O)c(F)c1)C1=COCCO1. The third-order valence-electron chi connectivity index (χ3n) is 2.08. The van der Waals surface area contributed by atoms with Crippen molar-refractivity contribution in [1.82, 2.24) is 0 Å². The Bertz CT molecular complexity index is 473. The Morgan fingerprint density at radius 1 is 1.41 bits per heavy atom. The minimum absolute atomic E-state index is 0.0322. The normalized spacial score (nSPS) is 14.3. The second kappa shape index (κ2) is 4.73. The molecule has 1 aliphatic rings. The Kier molecular flexibility index (Phi) is 3.13. The number of phenolic OH excluding ortho intramolecular Hbond substituents is 1. The van der Waals surface area contributed by atoms with Crippen LogP contribution < -0.4 is 5.32 Å². The molecule has 17 heavy (non-hydrogen) atoms. The molecule has 5 nitrogen and oxygen atoms in total. The topological polar surface area (TPSA) is 67.8 Å². The van der Waals surface area contributed by atoms with Crippen LogP contribution in [0.3, 0.4) is 0 Å². The van der Waals surface area contributed by atoms with Gasteiger partial charge in [-0.15, -0.1) is 0 Å². The highest BCUT2D eigenvalue weighted by molar-refractivity contribution is 6.02. The van der Waals surface area contributed by atoms with Crippen molar-refractivity contribution in [1.29, 1.82) is 0 Å². The van der Waals surface area contributed by atoms with Gasteiger partial charge in [0.05, 0.1) is 0 Å². The van der Waals surface area contributed by atoms with E-state index in [1.165, 1.54) is 12.3 Å². The van der Waals surface area contributed by atoms with Crippen LogP contribution in [0.1, 0.15) is 0 Å². The first-order valence-corrected chi connectivity index (χ1v) is 4.91. The first-order chi connectivity index (χ1) is 8.16. The maximum Gasteiger partial charge on any atom is 0.294 e. The summed E-state index contributed by atoms with van der Waals surface area (Å²) in [7, 11) is 0. The summed E-state index contributed by atoms with van der Waals surface area (Å²) in [6.45, 7) is 0.688. The number of phenols is 1. The second-order valence-electron chi connectivity index (χ2n) is 3.32. The van der Waals surface area contributed by atoms with Gasteiger partial charge in [-0.2, -0.15) is 0 Å². The molecule has 1 amide bonds. The number of aromatic hydroxyl groups is 1. The van der Waals surface area contributed by atoms with Crippen LogP contribution in [0.5, 0.6) is 5.75 Å². The summed E-state index contributed by atoms with van der Waals surface area (Å²) >= 11 is 0. The molecule has 6 heteroatoms. The minimum Gasteiger partial charge on any atom is -0.505 e. The fraction of sp³-hybridized carbons (Fsp3) is 0.182. The number of nitrogens with one attached hydrogen (secondary N) is 1. The molecule has 1 aromatic rings. The quantitative estimate of drug-likeness (QED) is 0.764. The van der Waals surface area contributed by atoms with Crippen molar-refractivity contribution in [2.45, 2.75) is 0 Å². The predicted octanol–water partition coefficient (Wildman–Crippen LogP) is 1.36. The van der Waals surface area contributed by atoms with Gasteiger partial charge in [0.25, 0.3) is 5.91 Å². The van der Waals surface area contributed by atoms with E-state index in [1.54, 1.807) is 0 Å². The fourth-order valence-electron chi connectivity index (χ4n) is 1.26. The standard InChI is InChI=1S/C11H10FNO4/c12-8-5-7(1-2-9(8)14)13-11(15)10-6-16-3-4-17-10/h1-2,5-6,14H,3-4H2,(H,13,15). The molecule has 0 saturated carbocycles. The zero-order valence-electron chi connectivity index (χ0n) is 8.77. The third-order valence-corrected chi connectivity index (χ3v) is 2.08. The predicted molar refractivity (Wildman–Crippen MR) is 56.7 cm³/mol. The lowest BCUT2D eigenvalue weighted by atomic mass is 10.3. The van der Waals surface area contributed by atoms with E-state index < -0.39 is 17.5 Å². The van der Waals surface area contributed by atoms with E-state index in [4.69, 9.17) is 14.6 Å².